The highest BCUT2D eigenvalue weighted by Gasteiger charge is 2.29. The van der Waals surface area contributed by atoms with Crippen LogP contribution in [0.25, 0.3) is 0 Å². The highest BCUT2D eigenvalue weighted by molar-refractivity contribution is 5.81. The van der Waals surface area contributed by atoms with Crippen LogP contribution in [-0.2, 0) is 11.3 Å². The third-order valence-electron chi connectivity index (χ3n) is 2.77. The van der Waals surface area contributed by atoms with Crippen LogP contribution in [0, 0.1) is 5.41 Å². The van der Waals surface area contributed by atoms with Crippen LogP contribution in [-0.4, -0.2) is 28.9 Å². The fourth-order valence-electron chi connectivity index (χ4n) is 1.87. The molecule has 1 aliphatic heterocycles. The van der Waals surface area contributed by atoms with Crippen molar-refractivity contribution < 1.29 is 9.53 Å². The molecule has 0 unspecified atom stereocenters. The van der Waals surface area contributed by atoms with Gasteiger partial charge in [-0.15, -0.1) is 0 Å². The average molecular weight is 234 g/mol. The van der Waals surface area contributed by atoms with E-state index in [0.717, 1.165) is 11.3 Å². The van der Waals surface area contributed by atoms with Gasteiger partial charge in [0.25, 0.3) is 0 Å². The van der Waals surface area contributed by atoms with Crippen molar-refractivity contribution in [1.29, 1.82) is 0 Å². The predicted octanol–water partition coefficient (Wildman–Crippen LogP) is 1.85. The standard InChI is InChI=1S/C13H18N2O2/c1-13(2,3)12(16)15-6-7-17-11-4-5-14-8-10(11)9-15/h4-5,8H,6-7,9H2,1-3H3. The van der Waals surface area contributed by atoms with E-state index < -0.39 is 0 Å². The van der Waals surface area contributed by atoms with Crippen LogP contribution in [0.2, 0.25) is 0 Å². The topological polar surface area (TPSA) is 42.4 Å². The van der Waals surface area contributed by atoms with Gasteiger partial charge >= 0.3 is 0 Å². The minimum Gasteiger partial charge on any atom is -0.491 e. The van der Waals surface area contributed by atoms with E-state index in [2.05, 4.69) is 4.98 Å². The molecule has 0 bridgehead atoms. The zero-order chi connectivity index (χ0) is 12.5. The molecule has 1 aromatic rings. The van der Waals surface area contributed by atoms with Crippen LogP contribution in [0.1, 0.15) is 26.3 Å². The van der Waals surface area contributed by atoms with E-state index in [1.165, 1.54) is 0 Å². The summed E-state index contributed by atoms with van der Waals surface area (Å²) in [5.74, 6) is 0.988. The summed E-state index contributed by atoms with van der Waals surface area (Å²) in [6, 6.07) is 1.85. The van der Waals surface area contributed by atoms with Gasteiger partial charge in [0.1, 0.15) is 12.4 Å². The first-order valence-electron chi connectivity index (χ1n) is 5.83. The van der Waals surface area contributed by atoms with E-state index in [1.54, 1.807) is 12.4 Å². The Balaban J connectivity index is 2.22. The minimum absolute atomic E-state index is 0.151. The van der Waals surface area contributed by atoms with Crippen LogP contribution in [0.15, 0.2) is 18.5 Å². The minimum atomic E-state index is -0.354. The fraction of sp³-hybridized carbons (Fsp3) is 0.538. The third-order valence-corrected chi connectivity index (χ3v) is 2.77. The molecule has 0 radical (unpaired) electrons. The lowest BCUT2D eigenvalue weighted by atomic mass is 9.94. The van der Waals surface area contributed by atoms with E-state index in [4.69, 9.17) is 4.74 Å². The monoisotopic (exact) mass is 234 g/mol. The maximum absolute atomic E-state index is 12.2. The maximum Gasteiger partial charge on any atom is 0.228 e. The highest BCUT2D eigenvalue weighted by Crippen LogP contribution is 2.25. The number of aromatic nitrogens is 1. The molecule has 0 aromatic carbocycles. The van der Waals surface area contributed by atoms with Gasteiger partial charge in [-0.25, -0.2) is 0 Å². The van der Waals surface area contributed by atoms with Crippen LogP contribution in [0.4, 0.5) is 0 Å². The molecule has 4 heteroatoms. The zero-order valence-electron chi connectivity index (χ0n) is 10.6. The Labute approximate surface area is 102 Å². The molecule has 0 spiro atoms. The number of amides is 1. The molecule has 0 fully saturated rings. The van der Waals surface area contributed by atoms with Crippen LogP contribution >= 0.6 is 0 Å². The Morgan fingerprint density at radius 2 is 2.24 bits per heavy atom. The molecule has 2 heterocycles. The van der Waals surface area contributed by atoms with Crippen molar-refractivity contribution in [3.05, 3.63) is 24.0 Å². The first kappa shape index (κ1) is 11.9. The Bertz CT molecular complexity index is 424. The normalized spacial score (nSPS) is 15.8. The predicted molar refractivity (Wildman–Crippen MR) is 64.6 cm³/mol. The Kier molecular flexibility index (Phi) is 3.05. The number of nitrogens with zero attached hydrogens (tertiary/aromatic N) is 2. The van der Waals surface area contributed by atoms with Gasteiger partial charge in [0.05, 0.1) is 13.1 Å². The molecule has 1 amide bonds. The number of fused-ring (bicyclic) bond motifs is 1. The molecule has 0 saturated carbocycles. The second kappa shape index (κ2) is 4.35. The molecular weight excluding hydrogens is 216 g/mol. The molecule has 17 heavy (non-hydrogen) atoms. The van der Waals surface area contributed by atoms with E-state index in [1.807, 2.05) is 31.7 Å². The highest BCUT2D eigenvalue weighted by atomic mass is 16.5. The van der Waals surface area contributed by atoms with Crippen molar-refractivity contribution in [1.82, 2.24) is 9.88 Å². The van der Waals surface area contributed by atoms with Crippen molar-refractivity contribution in [2.45, 2.75) is 27.3 Å². The van der Waals surface area contributed by atoms with Crippen molar-refractivity contribution in [3.8, 4) is 5.75 Å². The summed E-state index contributed by atoms with van der Waals surface area (Å²) in [7, 11) is 0. The number of ether oxygens (including phenoxy) is 1. The molecular formula is C13H18N2O2. The first-order chi connectivity index (χ1) is 7.98. The summed E-state index contributed by atoms with van der Waals surface area (Å²) in [5.41, 5.74) is 0.620. The fourth-order valence-corrected chi connectivity index (χ4v) is 1.87. The van der Waals surface area contributed by atoms with Crippen molar-refractivity contribution in [3.63, 3.8) is 0 Å². The molecule has 0 N–H and O–H groups in total. The van der Waals surface area contributed by atoms with Crippen molar-refractivity contribution in [2.75, 3.05) is 13.2 Å². The average Bonchev–Trinajstić information content (AvgIpc) is 2.48. The van der Waals surface area contributed by atoms with Gasteiger partial charge in [-0.3, -0.25) is 9.78 Å². The number of carbonyl (C=O) groups is 1. The molecule has 4 nitrogen and oxygen atoms in total. The van der Waals surface area contributed by atoms with E-state index >= 15 is 0 Å². The summed E-state index contributed by atoms with van der Waals surface area (Å²) in [6.07, 6.45) is 3.48. The van der Waals surface area contributed by atoms with Gasteiger partial charge in [-0.05, 0) is 6.07 Å². The number of rotatable bonds is 0. The van der Waals surface area contributed by atoms with Gasteiger partial charge < -0.3 is 9.64 Å². The van der Waals surface area contributed by atoms with Crippen molar-refractivity contribution in [2.24, 2.45) is 5.41 Å². The van der Waals surface area contributed by atoms with Gasteiger partial charge in [-0.1, -0.05) is 20.8 Å². The van der Waals surface area contributed by atoms with E-state index in [9.17, 15) is 4.79 Å². The Morgan fingerprint density at radius 3 is 2.94 bits per heavy atom. The van der Waals surface area contributed by atoms with Gasteiger partial charge in [0, 0.05) is 23.4 Å². The lowest BCUT2D eigenvalue weighted by Gasteiger charge is -2.27. The van der Waals surface area contributed by atoms with Gasteiger partial charge in [0.15, 0.2) is 0 Å². The summed E-state index contributed by atoms with van der Waals surface area (Å²) >= 11 is 0. The maximum atomic E-state index is 12.2. The molecule has 0 atom stereocenters. The van der Waals surface area contributed by atoms with Crippen LogP contribution in [0.3, 0.4) is 0 Å². The zero-order valence-corrected chi connectivity index (χ0v) is 10.6. The summed E-state index contributed by atoms with van der Waals surface area (Å²) < 4.78 is 5.61. The summed E-state index contributed by atoms with van der Waals surface area (Å²) in [5, 5.41) is 0. The summed E-state index contributed by atoms with van der Waals surface area (Å²) in [6.45, 7) is 7.56. The molecule has 2 rings (SSSR count). The molecule has 1 aromatic heterocycles. The lowest BCUT2D eigenvalue weighted by Crippen LogP contribution is -2.40. The van der Waals surface area contributed by atoms with E-state index in [-0.39, 0.29) is 11.3 Å². The summed E-state index contributed by atoms with van der Waals surface area (Å²) in [4.78, 5) is 18.2. The second-order valence-electron chi connectivity index (χ2n) is 5.31. The van der Waals surface area contributed by atoms with Crippen LogP contribution < -0.4 is 4.74 Å². The van der Waals surface area contributed by atoms with Gasteiger partial charge in [0.2, 0.25) is 5.91 Å². The van der Waals surface area contributed by atoms with Crippen molar-refractivity contribution >= 4 is 5.91 Å². The third kappa shape index (κ3) is 2.57. The smallest absolute Gasteiger partial charge is 0.228 e. The molecule has 0 aliphatic carbocycles. The lowest BCUT2D eigenvalue weighted by molar-refractivity contribution is -0.140. The number of pyridine rings is 1. The SMILES string of the molecule is CC(C)(C)C(=O)N1CCOc2ccncc2C1. The second-order valence-corrected chi connectivity index (χ2v) is 5.31. The Hall–Kier alpha value is -1.58. The Morgan fingerprint density at radius 1 is 1.47 bits per heavy atom. The molecule has 92 valence electrons. The molecule has 1 aliphatic rings. The number of carbonyl (C=O) groups excluding carboxylic acids is 1. The number of hydrogen-bond acceptors (Lipinski definition) is 3. The number of hydrogen-bond donors (Lipinski definition) is 0. The molecule has 0 saturated heterocycles. The largest absolute Gasteiger partial charge is 0.491 e. The van der Waals surface area contributed by atoms with E-state index in [0.29, 0.717) is 19.7 Å². The first-order valence-corrected chi connectivity index (χ1v) is 5.83. The van der Waals surface area contributed by atoms with Crippen LogP contribution in [0.5, 0.6) is 5.75 Å². The quantitative estimate of drug-likeness (QED) is 0.688. The van der Waals surface area contributed by atoms with Gasteiger partial charge in [-0.2, -0.15) is 0 Å².